The van der Waals surface area contributed by atoms with Crippen LogP contribution in [0.2, 0.25) is 0 Å². The van der Waals surface area contributed by atoms with Gasteiger partial charge in [0.25, 0.3) is 5.91 Å². The molecule has 3 amide bonds. The van der Waals surface area contributed by atoms with E-state index in [4.69, 9.17) is 19.4 Å². The minimum absolute atomic E-state index is 0.0770. The van der Waals surface area contributed by atoms with Crippen molar-refractivity contribution in [1.82, 2.24) is 20.7 Å². The number of H-pyrrole nitrogens is 1. The van der Waals surface area contributed by atoms with Crippen LogP contribution in [0.5, 0.6) is 11.5 Å². The molecular formula is C32H40N4O7. The molecule has 0 aliphatic carbocycles. The van der Waals surface area contributed by atoms with E-state index < -0.39 is 11.5 Å². The number of nitrogens with one attached hydrogen (secondary N) is 3. The molecule has 3 aromatic rings. The minimum Gasteiger partial charge on any atom is -0.493 e. The summed E-state index contributed by atoms with van der Waals surface area (Å²) in [6.07, 6.45) is 5.95. The average molecular weight is 593 g/mol. The van der Waals surface area contributed by atoms with E-state index in [-0.39, 0.29) is 30.6 Å². The Morgan fingerprint density at radius 1 is 1.12 bits per heavy atom. The fourth-order valence-electron chi connectivity index (χ4n) is 4.99. The maximum atomic E-state index is 13.4. The lowest BCUT2D eigenvalue weighted by Crippen LogP contribution is -2.48. The summed E-state index contributed by atoms with van der Waals surface area (Å²) in [6, 6.07) is 12.8. The highest BCUT2D eigenvalue weighted by Crippen LogP contribution is 2.29. The summed E-state index contributed by atoms with van der Waals surface area (Å²) in [5.74, 6) is -0.0215. The van der Waals surface area contributed by atoms with Gasteiger partial charge in [0.2, 0.25) is 5.91 Å². The van der Waals surface area contributed by atoms with Gasteiger partial charge in [-0.2, -0.15) is 0 Å². The van der Waals surface area contributed by atoms with Crippen LogP contribution in [0.15, 0.2) is 54.7 Å². The summed E-state index contributed by atoms with van der Waals surface area (Å²) in [7, 11) is 1.52. The first-order valence-electron chi connectivity index (χ1n) is 14.3. The second kappa shape index (κ2) is 14.1. The van der Waals surface area contributed by atoms with Gasteiger partial charge in [-0.25, -0.2) is 10.3 Å². The first-order chi connectivity index (χ1) is 20.6. The number of hydroxylamine groups is 1. The van der Waals surface area contributed by atoms with E-state index in [1.54, 1.807) is 28.6 Å². The molecule has 4 rings (SSSR count). The molecule has 11 heteroatoms. The lowest BCUT2D eigenvalue weighted by molar-refractivity contribution is -0.127. The number of hydrogen-bond donors (Lipinski definition) is 4. The van der Waals surface area contributed by atoms with Gasteiger partial charge in [0.15, 0.2) is 11.5 Å². The highest BCUT2D eigenvalue weighted by Gasteiger charge is 2.31. The third-order valence-electron chi connectivity index (χ3n) is 7.17. The highest BCUT2D eigenvalue weighted by molar-refractivity contribution is 5.91. The number of ether oxygens (including phenoxy) is 3. The molecule has 1 aromatic heterocycles. The number of aromatic amines is 1. The summed E-state index contributed by atoms with van der Waals surface area (Å²) in [5, 5.41) is 13.0. The Morgan fingerprint density at radius 3 is 2.56 bits per heavy atom. The molecule has 0 spiro atoms. The van der Waals surface area contributed by atoms with Gasteiger partial charge in [-0.15, -0.1) is 0 Å². The number of piperidine rings is 1. The molecule has 2 heterocycles. The molecule has 1 atom stereocenters. The van der Waals surface area contributed by atoms with E-state index in [9.17, 15) is 14.4 Å². The molecule has 4 N–H and O–H groups in total. The third kappa shape index (κ3) is 8.74. The zero-order chi connectivity index (χ0) is 31.0. The lowest BCUT2D eigenvalue weighted by Gasteiger charge is -2.33. The van der Waals surface area contributed by atoms with Gasteiger partial charge >= 0.3 is 6.09 Å². The number of para-hydroxylation sites is 1. The van der Waals surface area contributed by atoms with E-state index in [0.717, 1.165) is 16.5 Å². The van der Waals surface area contributed by atoms with Gasteiger partial charge in [-0.1, -0.05) is 24.3 Å². The number of hydrogen-bond acceptors (Lipinski definition) is 7. The standard InChI is InChI=1S/C32H40N4O7/c1-32(2,3)43-31(39)36-15-13-22(14-16-36)30(38)34-24(18-23-19-33-26-8-6-5-7-25(23)26)20-42-27-11-9-21(17-28(27)41-4)10-12-29(37)35-40/h5-12,17,19,22,24,33,40H,13-16,18,20H2,1-4H3,(H,34,38)(H,35,37)/b12-10+/t24-/m0/s1. The Labute approximate surface area is 251 Å². The van der Waals surface area contributed by atoms with Crippen LogP contribution in [-0.2, 0) is 20.7 Å². The van der Waals surface area contributed by atoms with Crippen molar-refractivity contribution < 1.29 is 33.8 Å². The number of amides is 3. The molecule has 1 aliphatic heterocycles. The van der Waals surface area contributed by atoms with Gasteiger partial charge in [0.05, 0.1) is 13.2 Å². The summed E-state index contributed by atoms with van der Waals surface area (Å²) < 4.78 is 17.2. The van der Waals surface area contributed by atoms with E-state index >= 15 is 0 Å². The Balaban J connectivity index is 1.45. The monoisotopic (exact) mass is 592 g/mol. The molecule has 230 valence electrons. The van der Waals surface area contributed by atoms with Crippen molar-refractivity contribution in [2.24, 2.45) is 5.92 Å². The van der Waals surface area contributed by atoms with Crippen LogP contribution in [-0.4, -0.2) is 71.4 Å². The largest absolute Gasteiger partial charge is 0.493 e. The lowest BCUT2D eigenvalue weighted by atomic mass is 9.95. The van der Waals surface area contributed by atoms with Crippen molar-refractivity contribution in [3.05, 3.63) is 65.9 Å². The van der Waals surface area contributed by atoms with Crippen LogP contribution in [0.25, 0.3) is 17.0 Å². The van der Waals surface area contributed by atoms with Crippen molar-refractivity contribution in [2.75, 3.05) is 26.8 Å². The fourth-order valence-corrected chi connectivity index (χ4v) is 4.99. The van der Waals surface area contributed by atoms with Crippen LogP contribution >= 0.6 is 0 Å². The summed E-state index contributed by atoms with van der Waals surface area (Å²) in [5.41, 5.74) is 3.72. The molecular weight excluding hydrogens is 552 g/mol. The van der Waals surface area contributed by atoms with E-state index in [2.05, 4.69) is 10.3 Å². The van der Waals surface area contributed by atoms with E-state index in [1.165, 1.54) is 19.3 Å². The number of fused-ring (bicyclic) bond motifs is 1. The van der Waals surface area contributed by atoms with Gasteiger partial charge in [0.1, 0.15) is 12.2 Å². The number of carbonyl (C=O) groups excluding carboxylic acids is 3. The van der Waals surface area contributed by atoms with Gasteiger partial charge in [-0.05, 0) is 75.4 Å². The average Bonchev–Trinajstić information content (AvgIpc) is 3.40. The summed E-state index contributed by atoms with van der Waals surface area (Å²) >= 11 is 0. The predicted molar refractivity (Wildman–Crippen MR) is 162 cm³/mol. The molecule has 1 fully saturated rings. The van der Waals surface area contributed by atoms with Crippen LogP contribution in [0.1, 0.15) is 44.7 Å². The fraction of sp³-hybridized carbons (Fsp3) is 0.406. The van der Waals surface area contributed by atoms with Gasteiger partial charge < -0.3 is 29.4 Å². The Kier molecular flexibility index (Phi) is 10.3. The smallest absolute Gasteiger partial charge is 0.410 e. The van der Waals surface area contributed by atoms with Gasteiger partial charge in [-0.3, -0.25) is 14.8 Å². The zero-order valence-corrected chi connectivity index (χ0v) is 25.0. The number of aromatic nitrogens is 1. The second-order valence-electron chi connectivity index (χ2n) is 11.5. The summed E-state index contributed by atoms with van der Waals surface area (Å²) in [4.78, 5) is 42.2. The maximum absolute atomic E-state index is 13.4. The summed E-state index contributed by atoms with van der Waals surface area (Å²) in [6.45, 7) is 6.59. The molecule has 0 radical (unpaired) electrons. The molecule has 11 nitrogen and oxygen atoms in total. The topological polar surface area (TPSA) is 142 Å². The minimum atomic E-state index is -0.648. The molecule has 0 bridgehead atoms. The van der Waals surface area contributed by atoms with Crippen LogP contribution in [0, 0.1) is 5.92 Å². The first kappa shape index (κ1) is 31.4. The molecule has 1 aliphatic rings. The highest BCUT2D eigenvalue weighted by atomic mass is 16.6. The zero-order valence-electron chi connectivity index (χ0n) is 25.0. The van der Waals surface area contributed by atoms with Crippen LogP contribution < -0.4 is 20.3 Å². The Hall–Kier alpha value is -4.51. The molecule has 2 aromatic carbocycles. The Bertz CT molecular complexity index is 1450. The van der Waals surface area contributed by atoms with Crippen molar-refractivity contribution in [3.63, 3.8) is 0 Å². The van der Waals surface area contributed by atoms with E-state index in [1.807, 2.05) is 51.2 Å². The molecule has 1 saturated heterocycles. The number of benzene rings is 2. The predicted octanol–water partition coefficient (Wildman–Crippen LogP) is 4.45. The second-order valence-corrected chi connectivity index (χ2v) is 11.5. The van der Waals surface area contributed by atoms with E-state index in [0.29, 0.717) is 49.4 Å². The number of likely N-dealkylation sites (tertiary alicyclic amines) is 1. The molecule has 0 saturated carbocycles. The first-order valence-corrected chi connectivity index (χ1v) is 14.3. The van der Waals surface area contributed by atoms with Gasteiger partial charge in [0, 0.05) is 42.2 Å². The number of nitrogens with zero attached hydrogens (tertiary/aromatic N) is 1. The van der Waals surface area contributed by atoms with Crippen molar-refractivity contribution in [2.45, 2.75) is 51.7 Å². The van der Waals surface area contributed by atoms with Crippen LogP contribution in [0.4, 0.5) is 4.79 Å². The SMILES string of the molecule is COc1cc(/C=C/C(=O)NO)ccc1OC[C@H](Cc1c[nH]c2ccccc12)NC(=O)C1CCN(C(=O)OC(C)(C)C)CC1. The van der Waals surface area contributed by atoms with Crippen molar-refractivity contribution in [3.8, 4) is 11.5 Å². The van der Waals surface area contributed by atoms with Crippen LogP contribution in [0.3, 0.4) is 0 Å². The number of carbonyl (C=O) groups is 3. The number of rotatable bonds is 10. The molecule has 0 unspecified atom stereocenters. The Morgan fingerprint density at radius 2 is 1.86 bits per heavy atom. The number of methoxy groups -OCH3 is 1. The normalized spacial score (nSPS) is 14.9. The third-order valence-corrected chi connectivity index (χ3v) is 7.17. The molecule has 43 heavy (non-hydrogen) atoms. The maximum Gasteiger partial charge on any atom is 0.410 e. The quantitative estimate of drug-likeness (QED) is 0.155. The van der Waals surface area contributed by atoms with Crippen molar-refractivity contribution >= 4 is 34.9 Å². The van der Waals surface area contributed by atoms with Crippen molar-refractivity contribution in [1.29, 1.82) is 0 Å².